The second-order valence-corrected chi connectivity index (χ2v) is 8.15. The van der Waals surface area contributed by atoms with Gasteiger partial charge in [0, 0.05) is 28.3 Å². The van der Waals surface area contributed by atoms with E-state index in [2.05, 4.69) is 20.4 Å². The minimum absolute atomic E-state index is 0.147. The van der Waals surface area contributed by atoms with Crippen LogP contribution in [-0.2, 0) is 0 Å². The highest BCUT2D eigenvalue weighted by atomic mass is 16.6. The van der Waals surface area contributed by atoms with Crippen LogP contribution in [0, 0.1) is 10.1 Å². The summed E-state index contributed by atoms with van der Waals surface area (Å²) < 4.78 is 7.54. The number of benzene rings is 4. The van der Waals surface area contributed by atoms with E-state index in [4.69, 9.17) is 4.42 Å². The van der Waals surface area contributed by atoms with E-state index < -0.39 is 4.92 Å². The molecule has 6 rings (SSSR count). The Hall–Kier alpha value is -5.44. The van der Waals surface area contributed by atoms with E-state index in [9.17, 15) is 10.1 Å². The molecule has 0 aliphatic carbocycles. The summed E-state index contributed by atoms with van der Waals surface area (Å²) in [7, 11) is 0. The third kappa shape index (κ3) is 4.14. The molecule has 0 fully saturated rings. The van der Waals surface area contributed by atoms with Gasteiger partial charge in [0.1, 0.15) is 5.69 Å². The fourth-order valence-electron chi connectivity index (χ4n) is 4.09. The van der Waals surface area contributed by atoms with Gasteiger partial charge in [-0.3, -0.25) is 14.7 Å². The van der Waals surface area contributed by atoms with Gasteiger partial charge < -0.3 is 4.42 Å². The van der Waals surface area contributed by atoms with Gasteiger partial charge in [-0.2, -0.15) is 0 Å². The van der Waals surface area contributed by atoms with Gasteiger partial charge in [0.15, 0.2) is 11.6 Å². The minimum atomic E-state index is -0.434. The van der Waals surface area contributed by atoms with Gasteiger partial charge in [-0.25, -0.2) is 0 Å². The maximum absolute atomic E-state index is 12.3. The van der Waals surface area contributed by atoms with Crippen LogP contribution in [0.1, 0.15) is 0 Å². The maximum Gasteiger partial charge on any atom is 0.294 e. The number of nitro benzene ring substituents is 1. The van der Waals surface area contributed by atoms with Crippen LogP contribution in [0.15, 0.2) is 114 Å². The van der Waals surface area contributed by atoms with Crippen molar-refractivity contribution in [1.82, 2.24) is 25.0 Å². The maximum atomic E-state index is 12.3. The highest BCUT2D eigenvalue weighted by Gasteiger charge is 2.25. The standard InChI is InChI=1S/C28H18N6O3/c35-34(36)24-18-22(28-32-31-27(37-28)21-14-8-3-9-15-21)16-17-23(24)33-25(19-10-4-1-5-11-19)29-30-26(33)20-12-6-2-7-13-20/h1-18H. The Bertz CT molecular complexity index is 1640. The Balaban J connectivity index is 1.51. The summed E-state index contributed by atoms with van der Waals surface area (Å²) >= 11 is 0. The van der Waals surface area contributed by atoms with E-state index in [1.807, 2.05) is 91.0 Å². The molecular formula is C28H18N6O3. The summed E-state index contributed by atoms with van der Waals surface area (Å²) in [4.78, 5) is 11.9. The lowest BCUT2D eigenvalue weighted by Gasteiger charge is -2.12. The van der Waals surface area contributed by atoms with Crippen molar-refractivity contribution in [3.63, 3.8) is 0 Å². The summed E-state index contributed by atoms with van der Waals surface area (Å²) in [5, 5.41) is 29.3. The average Bonchev–Trinajstić information content (AvgIpc) is 3.62. The van der Waals surface area contributed by atoms with Crippen molar-refractivity contribution in [2.75, 3.05) is 0 Å². The molecule has 0 unspecified atom stereocenters. The van der Waals surface area contributed by atoms with Crippen LogP contribution in [0.25, 0.3) is 51.4 Å². The van der Waals surface area contributed by atoms with Gasteiger partial charge in [-0.1, -0.05) is 78.9 Å². The second-order valence-electron chi connectivity index (χ2n) is 8.15. The molecule has 37 heavy (non-hydrogen) atoms. The molecule has 0 saturated heterocycles. The van der Waals surface area contributed by atoms with E-state index in [0.29, 0.717) is 28.8 Å². The first-order chi connectivity index (χ1) is 18.2. The van der Waals surface area contributed by atoms with E-state index >= 15 is 0 Å². The Kier molecular flexibility index (Phi) is 5.55. The number of nitrogens with zero attached hydrogens (tertiary/aromatic N) is 6. The Morgan fingerprint density at radius 2 is 1.08 bits per heavy atom. The van der Waals surface area contributed by atoms with Crippen molar-refractivity contribution in [2.24, 2.45) is 0 Å². The molecule has 0 saturated carbocycles. The van der Waals surface area contributed by atoms with E-state index in [0.717, 1.165) is 16.7 Å². The Morgan fingerprint density at radius 1 is 0.595 bits per heavy atom. The lowest BCUT2D eigenvalue weighted by Crippen LogP contribution is -2.04. The number of nitro groups is 1. The minimum Gasteiger partial charge on any atom is -0.416 e. The van der Waals surface area contributed by atoms with Gasteiger partial charge in [-0.15, -0.1) is 20.4 Å². The summed E-state index contributed by atoms with van der Waals surface area (Å²) in [6.07, 6.45) is 0. The van der Waals surface area contributed by atoms with Crippen molar-refractivity contribution < 1.29 is 9.34 Å². The topological polar surface area (TPSA) is 113 Å². The SMILES string of the molecule is O=[N+]([O-])c1cc(-c2nnc(-c3ccccc3)o2)ccc1-n1c(-c2ccccc2)nnc1-c1ccccc1. The largest absolute Gasteiger partial charge is 0.416 e. The smallest absolute Gasteiger partial charge is 0.294 e. The molecule has 0 amide bonds. The average molecular weight is 486 g/mol. The van der Waals surface area contributed by atoms with Gasteiger partial charge in [0.05, 0.1) is 4.92 Å². The monoisotopic (exact) mass is 486 g/mol. The van der Waals surface area contributed by atoms with Crippen LogP contribution in [0.3, 0.4) is 0 Å². The van der Waals surface area contributed by atoms with Crippen LogP contribution in [0.4, 0.5) is 5.69 Å². The fraction of sp³-hybridized carbons (Fsp3) is 0. The van der Waals surface area contributed by atoms with E-state index in [1.165, 1.54) is 6.07 Å². The van der Waals surface area contributed by atoms with Crippen LogP contribution < -0.4 is 0 Å². The van der Waals surface area contributed by atoms with Crippen molar-refractivity contribution in [1.29, 1.82) is 0 Å². The van der Waals surface area contributed by atoms with Crippen molar-refractivity contribution in [3.05, 3.63) is 119 Å². The van der Waals surface area contributed by atoms with Crippen molar-refractivity contribution >= 4 is 5.69 Å². The molecule has 2 aromatic heterocycles. The Labute approximate surface area is 210 Å². The first-order valence-corrected chi connectivity index (χ1v) is 11.4. The first-order valence-electron chi connectivity index (χ1n) is 11.4. The number of hydrogen-bond acceptors (Lipinski definition) is 7. The van der Waals surface area contributed by atoms with Gasteiger partial charge in [0.2, 0.25) is 11.8 Å². The molecule has 0 radical (unpaired) electrons. The highest BCUT2D eigenvalue weighted by Crippen LogP contribution is 2.35. The van der Waals surface area contributed by atoms with Crippen LogP contribution in [-0.4, -0.2) is 29.9 Å². The molecule has 0 atom stereocenters. The molecular weight excluding hydrogens is 468 g/mol. The molecule has 2 heterocycles. The zero-order chi connectivity index (χ0) is 25.2. The third-order valence-electron chi connectivity index (χ3n) is 5.83. The predicted octanol–water partition coefficient (Wildman–Crippen LogP) is 6.23. The second kappa shape index (κ2) is 9.31. The number of hydrogen-bond donors (Lipinski definition) is 0. The van der Waals surface area contributed by atoms with Gasteiger partial charge in [0.25, 0.3) is 5.69 Å². The molecule has 0 aliphatic heterocycles. The zero-order valence-electron chi connectivity index (χ0n) is 19.3. The Morgan fingerprint density at radius 3 is 1.59 bits per heavy atom. The lowest BCUT2D eigenvalue weighted by atomic mass is 10.1. The molecule has 9 heteroatoms. The molecule has 6 aromatic rings. The molecule has 178 valence electrons. The zero-order valence-corrected chi connectivity index (χ0v) is 19.3. The van der Waals surface area contributed by atoms with Gasteiger partial charge >= 0.3 is 0 Å². The van der Waals surface area contributed by atoms with Crippen LogP contribution in [0.5, 0.6) is 0 Å². The third-order valence-corrected chi connectivity index (χ3v) is 5.83. The predicted molar refractivity (Wildman–Crippen MR) is 138 cm³/mol. The molecule has 4 aromatic carbocycles. The summed E-state index contributed by atoms with van der Waals surface area (Å²) in [6, 6.07) is 33.0. The lowest BCUT2D eigenvalue weighted by molar-refractivity contribution is -0.384. The molecule has 0 bridgehead atoms. The van der Waals surface area contributed by atoms with Crippen LogP contribution in [0.2, 0.25) is 0 Å². The summed E-state index contributed by atoms with van der Waals surface area (Å²) in [6.45, 7) is 0. The quantitative estimate of drug-likeness (QED) is 0.203. The number of rotatable bonds is 6. The number of aromatic nitrogens is 5. The normalized spacial score (nSPS) is 10.9. The van der Waals surface area contributed by atoms with Crippen molar-refractivity contribution in [2.45, 2.75) is 0 Å². The molecule has 9 nitrogen and oxygen atoms in total. The summed E-state index contributed by atoms with van der Waals surface area (Å²) in [5.41, 5.74) is 2.92. The summed E-state index contributed by atoms with van der Waals surface area (Å²) in [5.74, 6) is 1.49. The van der Waals surface area contributed by atoms with E-state index in [-0.39, 0.29) is 11.6 Å². The molecule has 0 spiro atoms. The molecule has 0 N–H and O–H groups in total. The van der Waals surface area contributed by atoms with Crippen LogP contribution >= 0.6 is 0 Å². The molecule has 0 aliphatic rings. The van der Waals surface area contributed by atoms with Crippen molar-refractivity contribution in [3.8, 4) is 51.4 Å². The first kappa shape index (κ1) is 22.1. The highest BCUT2D eigenvalue weighted by molar-refractivity contribution is 5.72. The van der Waals surface area contributed by atoms with E-state index in [1.54, 1.807) is 16.7 Å². The fourth-order valence-corrected chi connectivity index (χ4v) is 4.09. The van der Waals surface area contributed by atoms with Gasteiger partial charge in [-0.05, 0) is 24.3 Å².